The number of anilines is 1. The molecule has 5 nitrogen and oxygen atoms in total. The van der Waals surface area contributed by atoms with Crippen LogP contribution in [0.4, 0.5) is 10.5 Å². The van der Waals surface area contributed by atoms with Gasteiger partial charge in [-0.05, 0) is 19.1 Å². The zero-order chi connectivity index (χ0) is 11.3. The van der Waals surface area contributed by atoms with Gasteiger partial charge in [-0.15, -0.1) is 0 Å². The summed E-state index contributed by atoms with van der Waals surface area (Å²) in [4.78, 5) is 11.2. The molecule has 0 aliphatic carbocycles. The summed E-state index contributed by atoms with van der Waals surface area (Å²) in [5.74, 6) is -0.0749. The number of amidine groups is 1. The molecule has 5 N–H and O–H groups in total. The minimum absolute atomic E-state index is 0.0533. The van der Waals surface area contributed by atoms with Crippen molar-refractivity contribution < 1.29 is 4.79 Å². The lowest BCUT2D eigenvalue weighted by Crippen LogP contribution is -2.35. The van der Waals surface area contributed by atoms with Crippen LogP contribution in [0.2, 0.25) is 0 Å². The van der Waals surface area contributed by atoms with E-state index >= 15 is 0 Å². The Balaban J connectivity index is 2.44. The second-order valence-electron chi connectivity index (χ2n) is 3.20. The lowest BCUT2D eigenvalue weighted by atomic mass is 10.2. The molecule has 0 aliphatic rings. The first kappa shape index (κ1) is 11.0. The standard InChI is InChI=1S/C10H14N4O/c1-7-2-4-8(5-3-7)14-10(15)13-6-9(11)12/h2-5H,6H2,1H3,(H3,11,12)(H2,13,14,15). The van der Waals surface area contributed by atoms with E-state index in [-0.39, 0.29) is 18.4 Å². The first-order chi connectivity index (χ1) is 7.08. The number of nitrogens with two attached hydrogens (primary N) is 1. The van der Waals surface area contributed by atoms with Crippen molar-refractivity contribution in [1.82, 2.24) is 5.32 Å². The van der Waals surface area contributed by atoms with Crippen LogP contribution in [0.3, 0.4) is 0 Å². The summed E-state index contributed by atoms with van der Waals surface area (Å²) in [5.41, 5.74) is 6.93. The third-order valence-corrected chi connectivity index (χ3v) is 1.75. The molecule has 0 radical (unpaired) electrons. The Hall–Kier alpha value is -2.04. The zero-order valence-electron chi connectivity index (χ0n) is 8.50. The van der Waals surface area contributed by atoms with Gasteiger partial charge in [-0.1, -0.05) is 17.7 Å². The Labute approximate surface area is 88.2 Å². The van der Waals surface area contributed by atoms with Gasteiger partial charge in [-0.25, -0.2) is 4.79 Å². The van der Waals surface area contributed by atoms with Crippen molar-refractivity contribution in [2.24, 2.45) is 5.73 Å². The minimum atomic E-state index is -0.367. The van der Waals surface area contributed by atoms with E-state index in [2.05, 4.69) is 10.6 Å². The molecule has 0 aliphatic heterocycles. The maximum atomic E-state index is 11.2. The van der Waals surface area contributed by atoms with Crippen molar-refractivity contribution >= 4 is 17.6 Å². The molecule has 15 heavy (non-hydrogen) atoms. The fourth-order valence-electron chi connectivity index (χ4n) is 0.988. The van der Waals surface area contributed by atoms with Crippen LogP contribution in [-0.2, 0) is 0 Å². The number of carbonyl (C=O) groups excluding carboxylic acids is 1. The van der Waals surface area contributed by atoms with Gasteiger partial charge in [0.1, 0.15) is 5.84 Å². The molecule has 2 amide bonds. The van der Waals surface area contributed by atoms with Crippen LogP contribution in [0.1, 0.15) is 5.56 Å². The van der Waals surface area contributed by atoms with Crippen LogP contribution in [0.15, 0.2) is 24.3 Å². The molecule has 0 unspecified atom stereocenters. The van der Waals surface area contributed by atoms with E-state index < -0.39 is 0 Å². The fourth-order valence-corrected chi connectivity index (χ4v) is 0.988. The number of hydrogen-bond acceptors (Lipinski definition) is 2. The number of aryl methyl sites for hydroxylation is 1. The molecule has 0 atom stereocenters. The third-order valence-electron chi connectivity index (χ3n) is 1.75. The molecular formula is C10H14N4O. The third kappa shape index (κ3) is 4.12. The monoisotopic (exact) mass is 206 g/mol. The average Bonchev–Trinajstić information content (AvgIpc) is 2.19. The molecule has 0 fully saturated rings. The number of benzene rings is 1. The molecule has 1 rings (SSSR count). The molecule has 0 saturated carbocycles. The van der Waals surface area contributed by atoms with E-state index in [0.29, 0.717) is 5.69 Å². The van der Waals surface area contributed by atoms with Gasteiger partial charge < -0.3 is 16.4 Å². The molecule has 0 aromatic heterocycles. The predicted molar refractivity (Wildman–Crippen MR) is 60.1 cm³/mol. The highest BCUT2D eigenvalue weighted by Gasteiger charge is 2.00. The summed E-state index contributed by atoms with van der Waals surface area (Å²) >= 11 is 0. The minimum Gasteiger partial charge on any atom is -0.386 e. The van der Waals surface area contributed by atoms with Crippen LogP contribution in [-0.4, -0.2) is 18.4 Å². The highest BCUT2D eigenvalue weighted by atomic mass is 16.2. The van der Waals surface area contributed by atoms with Crippen molar-refractivity contribution in [1.29, 1.82) is 5.41 Å². The maximum Gasteiger partial charge on any atom is 0.319 e. The smallest absolute Gasteiger partial charge is 0.319 e. The van der Waals surface area contributed by atoms with E-state index in [1.165, 1.54) is 0 Å². The van der Waals surface area contributed by atoms with Crippen molar-refractivity contribution in [2.75, 3.05) is 11.9 Å². The summed E-state index contributed by atoms with van der Waals surface area (Å²) in [7, 11) is 0. The molecule has 1 aromatic carbocycles. The average molecular weight is 206 g/mol. The van der Waals surface area contributed by atoms with Crippen LogP contribution in [0.25, 0.3) is 0 Å². The topological polar surface area (TPSA) is 91.0 Å². The van der Waals surface area contributed by atoms with Crippen molar-refractivity contribution in [3.05, 3.63) is 29.8 Å². The maximum absolute atomic E-state index is 11.2. The Kier molecular flexibility index (Phi) is 3.68. The van der Waals surface area contributed by atoms with Gasteiger partial charge in [-0.3, -0.25) is 5.41 Å². The summed E-state index contributed by atoms with van der Waals surface area (Å²) < 4.78 is 0. The van der Waals surface area contributed by atoms with Crippen LogP contribution < -0.4 is 16.4 Å². The first-order valence-electron chi connectivity index (χ1n) is 4.52. The number of nitrogens with one attached hydrogen (secondary N) is 3. The van der Waals surface area contributed by atoms with Crippen LogP contribution >= 0.6 is 0 Å². The predicted octanol–water partition coefficient (Wildman–Crippen LogP) is 1.05. The van der Waals surface area contributed by atoms with E-state index in [9.17, 15) is 4.79 Å². The number of urea groups is 1. The van der Waals surface area contributed by atoms with E-state index in [0.717, 1.165) is 5.56 Å². The highest BCUT2D eigenvalue weighted by molar-refractivity contribution is 5.92. The Morgan fingerprint density at radius 2 is 2.00 bits per heavy atom. The molecule has 0 heterocycles. The number of rotatable bonds is 3. The lowest BCUT2D eigenvalue weighted by molar-refractivity contribution is 0.253. The second kappa shape index (κ2) is 4.99. The summed E-state index contributed by atoms with van der Waals surface area (Å²) in [6.45, 7) is 2.03. The number of amides is 2. The van der Waals surface area contributed by atoms with E-state index in [4.69, 9.17) is 11.1 Å². The van der Waals surface area contributed by atoms with Gasteiger partial charge in [0.25, 0.3) is 0 Å². The second-order valence-corrected chi connectivity index (χ2v) is 3.20. The van der Waals surface area contributed by atoms with Gasteiger partial charge in [0, 0.05) is 5.69 Å². The lowest BCUT2D eigenvalue weighted by Gasteiger charge is -2.06. The molecular weight excluding hydrogens is 192 g/mol. The largest absolute Gasteiger partial charge is 0.386 e. The Bertz CT molecular complexity index is 358. The van der Waals surface area contributed by atoms with Crippen molar-refractivity contribution in [3.63, 3.8) is 0 Å². The fraction of sp³-hybridized carbons (Fsp3) is 0.200. The molecule has 0 spiro atoms. The molecule has 1 aromatic rings. The number of hydrogen-bond donors (Lipinski definition) is 4. The van der Waals surface area contributed by atoms with Gasteiger partial charge in [-0.2, -0.15) is 0 Å². The number of carbonyl (C=O) groups is 1. The van der Waals surface area contributed by atoms with Crippen LogP contribution in [0.5, 0.6) is 0 Å². The molecule has 5 heteroatoms. The van der Waals surface area contributed by atoms with Crippen molar-refractivity contribution in [3.8, 4) is 0 Å². The summed E-state index contributed by atoms with van der Waals surface area (Å²) in [5, 5.41) is 12.0. The summed E-state index contributed by atoms with van der Waals surface area (Å²) in [6, 6.07) is 7.06. The Morgan fingerprint density at radius 1 is 1.40 bits per heavy atom. The van der Waals surface area contributed by atoms with Gasteiger partial charge in [0.2, 0.25) is 0 Å². The van der Waals surface area contributed by atoms with Gasteiger partial charge in [0.15, 0.2) is 0 Å². The SMILES string of the molecule is Cc1ccc(NC(=O)NCC(=N)N)cc1. The van der Waals surface area contributed by atoms with E-state index in [1.807, 2.05) is 31.2 Å². The normalized spacial score (nSPS) is 9.40. The van der Waals surface area contributed by atoms with Crippen molar-refractivity contribution in [2.45, 2.75) is 6.92 Å². The summed E-state index contributed by atoms with van der Waals surface area (Å²) in [6.07, 6.45) is 0. The molecule has 0 bridgehead atoms. The Morgan fingerprint density at radius 3 is 2.53 bits per heavy atom. The molecule has 80 valence electrons. The van der Waals surface area contributed by atoms with E-state index in [1.54, 1.807) is 0 Å². The van der Waals surface area contributed by atoms with Crippen LogP contribution in [0, 0.1) is 12.3 Å². The zero-order valence-corrected chi connectivity index (χ0v) is 8.50. The van der Waals surface area contributed by atoms with Gasteiger partial charge in [0.05, 0.1) is 6.54 Å². The van der Waals surface area contributed by atoms with Gasteiger partial charge >= 0.3 is 6.03 Å². The highest BCUT2D eigenvalue weighted by Crippen LogP contribution is 2.07. The quantitative estimate of drug-likeness (QED) is 0.440. The molecule has 0 saturated heterocycles. The first-order valence-corrected chi connectivity index (χ1v) is 4.52.